The number of aromatic nitrogens is 1. The third-order valence-corrected chi connectivity index (χ3v) is 5.28. The smallest absolute Gasteiger partial charge is 0.347 e. The van der Waals surface area contributed by atoms with Gasteiger partial charge in [0.1, 0.15) is 13.5 Å². The Hall–Kier alpha value is -3.40. The number of aromatic hydroxyl groups is 2. The van der Waals surface area contributed by atoms with E-state index in [0.29, 0.717) is 70.0 Å². The number of aliphatic carboxylic acids is 1. The molecule has 1 aliphatic heterocycles. The molecular weight excluding hydrogens is 470 g/mol. The van der Waals surface area contributed by atoms with Gasteiger partial charge < -0.3 is 29.6 Å². The first-order valence-electron chi connectivity index (χ1n) is 10.8. The predicted octanol–water partition coefficient (Wildman–Crippen LogP) is -2.58. The Morgan fingerprint density at radius 1 is 0.743 bits per heavy atom. The Labute approximate surface area is 201 Å². The average molecular weight is 501 g/mol. The van der Waals surface area contributed by atoms with Crippen LogP contribution in [-0.4, -0.2) is 143 Å². The summed E-state index contributed by atoms with van der Waals surface area (Å²) in [6, 6.07) is 2.33. The maximum atomic E-state index is 12.5. The van der Waals surface area contributed by atoms with Crippen molar-refractivity contribution in [1.82, 2.24) is 24.3 Å². The molecule has 0 amide bonds. The molecule has 0 aliphatic carbocycles. The lowest BCUT2D eigenvalue weighted by molar-refractivity contribution is -0.147. The summed E-state index contributed by atoms with van der Waals surface area (Å²) in [6.45, 7) is 3.31. The van der Waals surface area contributed by atoms with E-state index in [9.17, 15) is 34.5 Å². The minimum atomic E-state index is -1.01. The SMILES string of the molecule is O=COCN1CCN(COC=O)CCN(CC(=O)On2c(O)ccc2O)CCN(CC(=O)O)CC1. The first-order valence-corrected chi connectivity index (χ1v) is 10.8. The lowest BCUT2D eigenvalue weighted by Crippen LogP contribution is -2.48. The minimum Gasteiger partial charge on any atom is -0.492 e. The van der Waals surface area contributed by atoms with E-state index < -0.39 is 23.7 Å². The second-order valence-corrected chi connectivity index (χ2v) is 7.77. The fourth-order valence-electron chi connectivity index (χ4n) is 3.42. The van der Waals surface area contributed by atoms with Crippen LogP contribution in [0.2, 0.25) is 0 Å². The normalized spacial score (nSPS) is 17.6. The maximum Gasteiger partial charge on any atom is 0.347 e. The van der Waals surface area contributed by atoms with Crippen molar-refractivity contribution in [2.45, 2.75) is 0 Å². The molecule has 0 bridgehead atoms. The van der Waals surface area contributed by atoms with Gasteiger partial charge in [-0.25, -0.2) is 4.79 Å². The van der Waals surface area contributed by atoms with Gasteiger partial charge >= 0.3 is 11.9 Å². The van der Waals surface area contributed by atoms with Crippen molar-refractivity contribution in [2.75, 3.05) is 78.9 Å². The Morgan fingerprint density at radius 3 is 1.54 bits per heavy atom. The zero-order valence-corrected chi connectivity index (χ0v) is 19.2. The van der Waals surface area contributed by atoms with Crippen molar-refractivity contribution >= 4 is 24.9 Å². The number of carbonyl (C=O) groups excluding carboxylic acids is 3. The summed E-state index contributed by atoms with van der Waals surface area (Å²) in [5, 5.41) is 28.6. The van der Waals surface area contributed by atoms with Crippen LogP contribution in [0.15, 0.2) is 12.1 Å². The third-order valence-electron chi connectivity index (χ3n) is 5.28. The fraction of sp³-hybridized carbons (Fsp3) is 0.600. The Kier molecular flexibility index (Phi) is 11.8. The van der Waals surface area contributed by atoms with Gasteiger partial charge in [0, 0.05) is 64.5 Å². The third kappa shape index (κ3) is 10.2. The molecule has 196 valence electrons. The van der Waals surface area contributed by atoms with Crippen LogP contribution in [0, 0.1) is 0 Å². The zero-order valence-electron chi connectivity index (χ0n) is 19.2. The number of carboxylic acid groups (broad SMARTS) is 1. The first kappa shape index (κ1) is 27.8. The van der Waals surface area contributed by atoms with Gasteiger partial charge in [0.05, 0.1) is 13.1 Å². The Bertz CT molecular complexity index is 816. The fourth-order valence-corrected chi connectivity index (χ4v) is 3.42. The summed E-state index contributed by atoms with van der Waals surface area (Å²) in [5.74, 6) is -2.65. The van der Waals surface area contributed by atoms with Crippen LogP contribution >= 0.6 is 0 Å². The van der Waals surface area contributed by atoms with Gasteiger partial charge in [-0.15, -0.1) is 4.73 Å². The average Bonchev–Trinajstić information content (AvgIpc) is 3.13. The number of carbonyl (C=O) groups is 4. The molecule has 0 spiro atoms. The van der Waals surface area contributed by atoms with Crippen LogP contribution in [0.1, 0.15) is 0 Å². The summed E-state index contributed by atoms with van der Waals surface area (Å²) in [5.41, 5.74) is 0. The molecule has 1 aromatic heterocycles. The van der Waals surface area contributed by atoms with Crippen LogP contribution in [-0.2, 0) is 28.7 Å². The van der Waals surface area contributed by atoms with Gasteiger partial charge in [-0.05, 0) is 0 Å². The van der Waals surface area contributed by atoms with Gasteiger partial charge in [-0.1, -0.05) is 0 Å². The van der Waals surface area contributed by atoms with E-state index in [-0.39, 0.29) is 26.6 Å². The highest BCUT2D eigenvalue weighted by molar-refractivity contribution is 5.72. The van der Waals surface area contributed by atoms with E-state index in [1.165, 1.54) is 0 Å². The largest absolute Gasteiger partial charge is 0.492 e. The van der Waals surface area contributed by atoms with Gasteiger partial charge in [-0.3, -0.25) is 34.0 Å². The molecule has 2 rings (SSSR count). The molecule has 2 heterocycles. The van der Waals surface area contributed by atoms with E-state index >= 15 is 0 Å². The van der Waals surface area contributed by atoms with Crippen molar-refractivity contribution in [2.24, 2.45) is 0 Å². The van der Waals surface area contributed by atoms with E-state index in [1.54, 1.807) is 9.80 Å². The van der Waals surface area contributed by atoms with Crippen LogP contribution in [0.3, 0.4) is 0 Å². The Morgan fingerprint density at radius 2 is 1.14 bits per heavy atom. The molecule has 1 aromatic rings. The molecular formula is C20H31N5O10. The van der Waals surface area contributed by atoms with Crippen LogP contribution in [0.5, 0.6) is 11.8 Å². The molecule has 3 N–H and O–H groups in total. The second-order valence-electron chi connectivity index (χ2n) is 7.77. The topological polar surface area (TPSA) is 175 Å². The molecule has 0 saturated carbocycles. The molecule has 0 aromatic carbocycles. The van der Waals surface area contributed by atoms with Crippen molar-refractivity contribution in [3.63, 3.8) is 0 Å². The van der Waals surface area contributed by atoms with Crippen molar-refractivity contribution in [3.8, 4) is 11.8 Å². The van der Waals surface area contributed by atoms with Crippen LogP contribution < -0.4 is 4.84 Å². The van der Waals surface area contributed by atoms with Gasteiger partial charge in [0.2, 0.25) is 11.8 Å². The first-order chi connectivity index (χ1) is 16.8. The summed E-state index contributed by atoms with van der Waals surface area (Å²) in [4.78, 5) is 57.2. The standard InChI is InChI=1S/C20H31N5O10/c26-15-33-13-23-7-5-21(11-19(30)31)3-4-22(6-8-24(10-9-23)14-34-16-27)12-20(32)35-25-17(28)1-2-18(25)29/h1-2,15-16,28-29H,3-14H2,(H,30,31). The Balaban J connectivity index is 2.10. The van der Waals surface area contributed by atoms with Gasteiger partial charge in [0.25, 0.3) is 12.9 Å². The van der Waals surface area contributed by atoms with E-state index in [4.69, 9.17) is 14.3 Å². The quantitative estimate of drug-likeness (QED) is 0.270. The monoisotopic (exact) mass is 501 g/mol. The molecule has 1 fully saturated rings. The predicted molar refractivity (Wildman–Crippen MR) is 117 cm³/mol. The van der Waals surface area contributed by atoms with Crippen molar-refractivity contribution < 1.29 is 48.8 Å². The molecule has 1 saturated heterocycles. The van der Waals surface area contributed by atoms with Gasteiger partial charge in [-0.2, -0.15) is 0 Å². The number of hydrogen-bond donors (Lipinski definition) is 3. The highest BCUT2D eigenvalue weighted by atomic mass is 16.7. The molecule has 0 unspecified atom stereocenters. The highest BCUT2D eigenvalue weighted by Gasteiger charge is 2.21. The molecule has 35 heavy (non-hydrogen) atoms. The maximum absolute atomic E-state index is 12.5. The summed E-state index contributed by atoms with van der Waals surface area (Å²) in [7, 11) is 0. The summed E-state index contributed by atoms with van der Waals surface area (Å²) < 4.78 is 10.3. The van der Waals surface area contributed by atoms with Crippen LogP contribution in [0.4, 0.5) is 0 Å². The van der Waals surface area contributed by atoms with E-state index in [0.717, 1.165) is 12.1 Å². The van der Waals surface area contributed by atoms with E-state index in [2.05, 4.69) is 0 Å². The number of nitrogens with zero attached hydrogens (tertiary/aromatic N) is 5. The zero-order chi connectivity index (χ0) is 25.6. The number of rotatable bonds is 11. The minimum absolute atomic E-state index is 0.0143. The van der Waals surface area contributed by atoms with Crippen molar-refractivity contribution in [1.29, 1.82) is 0 Å². The lowest BCUT2D eigenvalue weighted by Gasteiger charge is -2.32. The lowest BCUT2D eigenvalue weighted by atomic mass is 10.3. The molecule has 0 radical (unpaired) electrons. The molecule has 15 heteroatoms. The number of ether oxygens (including phenoxy) is 2. The molecule has 0 atom stereocenters. The molecule has 15 nitrogen and oxygen atoms in total. The number of hydrogen-bond acceptors (Lipinski definition) is 13. The summed E-state index contributed by atoms with van der Waals surface area (Å²) >= 11 is 0. The van der Waals surface area contributed by atoms with Gasteiger partial charge in [0.15, 0.2) is 0 Å². The van der Waals surface area contributed by atoms with Crippen molar-refractivity contribution in [3.05, 3.63) is 12.1 Å². The van der Waals surface area contributed by atoms with Crippen LogP contribution in [0.25, 0.3) is 0 Å². The molecule has 1 aliphatic rings. The summed E-state index contributed by atoms with van der Waals surface area (Å²) in [6.07, 6.45) is 0. The van der Waals surface area contributed by atoms with E-state index in [1.807, 2.05) is 9.80 Å². The number of carboxylic acids is 1. The second kappa shape index (κ2) is 14.8. The highest BCUT2D eigenvalue weighted by Crippen LogP contribution is 2.18.